The van der Waals surface area contributed by atoms with Gasteiger partial charge in [0.25, 0.3) is 0 Å². The van der Waals surface area contributed by atoms with Gasteiger partial charge in [-0.1, -0.05) is 34.5 Å². The number of nitrogens with one attached hydrogen (secondary N) is 1. The van der Waals surface area contributed by atoms with E-state index in [2.05, 4.69) is 31.3 Å². The Labute approximate surface area is 130 Å². The maximum Gasteiger partial charge on any atom is 0.227 e. The fourth-order valence-electron chi connectivity index (χ4n) is 1.60. The molecule has 5 nitrogen and oxygen atoms in total. The van der Waals surface area contributed by atoms with Gasteiger partial charge in [0.05, 0.1) is 10.6 Å². The van der Waals surface area contributed by atoms with Gasteiger partial charge in [0.15, 0.2) is 0 Å². The van der Waals surface area contributed by atoms with E-state index in [1.165, 1.54) is 0 Å². The summed E-state index contributed by atoms with van der Waals surface area (Å²) in [6, 6.07) is 5.38. The number of nitrogen functional groups attached to an aromatic ring is 1. The molecule has 20 heavy (non-hydrogen) atoms. The lowest BCUT2D eigenvalue weighted by Crippen LogP contribution is -2.13. The highest BCUT2D eigenvalue weighted by atomic mass is 79.9. The third-order valence-corrected chi connectivity index (χ3v) is 3.49. The predicted octanol–water partition coefficient (Wildman–Crippen LogP) is 3.84. The molecule has 2 aromatic rings. The molecule has 0 aliphatic carbocycles. The summed E-state index contributed by atoms with van der Waals surface area (Å²) >= 11 is 9.49. The quantitative estimate of drug-likeness (QED) is 0.642. The molecule has 0 spiro atoms. The SMILES string of the molecule is CCc1nc(NN)c(C)c(Oc2ccc(Br)cc2Cl)n1. The molecule has 0 amide bonds. The van der Waals surface area contributed by atoms with Gasteiger partial charge in [0, 0.05) is 10.9 Å². The van der Waals surface area contributed by atoms with Gasteiger partial charge in [-0.25, -0.2) is 10.8 Å². The summed E-state index contributed by atoms with van der Waals surface area (Å²) in [5.41, 5.74) is 3.27. The molecular formula is C13H14BrClN4O. The van der Waals surface area contributed by atoms with Crippen molar-refractivity contribution in [3.63, 3.8) is 0 Å². The first-order valence-corrected chi connectivity index (χ1v) is 7.19. The van der Waals surface area contributed by atoms with Gasteiger partial charge in [0.1, 0.15) is 17.4 Å². The van der Waals surface area contributed by atoms with Crippen LogP contribution in [0, 0.1) is 6.92 Å². The number of hydrazine groups is 1. The minimum absolute atomic E-state index is 0.439. The Bertz CT molecular complexity index is 636. The summed E-state index contributed by atoms with van der Waals surface area (Å²) in [5, 5.41) is 0.498. The Morgan fingerprint density at radius 3 is 2.75 bits per heavy atom. The standard InChI is InChI=1S/C13H14BrClN4O/c1-3-11-17-12(19-16)7(2)13(18-11)20-10-5-4-8(14)6-9(10)15/h4-6H,3,16H2,1-2H3,(H,17,18,19). The molecule has 0 saturated heterocycles. The zero-order valence-corrected chi connectivity index (χ0v) is 13.4. The number of anilines is 1. The van der Waals surface area contributed by atoms with E-state index in [0.717, 1.165) is 10.0 Å². The van der Waals surface area contributed by atoms with Crippen LogP contribution in [-0.4, -0.2) is 9.97 Å². The van der Waals surface area contributed by atoms with Crippen LogP contribution < -0.4 is 16.0 Å². The van der Waals surface area contributed by atoms with Gasteiger partial charge in [-0.2, -0.15) is 4.98 Å². The number of hydrogen-bond donors (Lipinski definition) is 2. The van der Waals surface area contributed by atoms with Crippen molar-refractivity contribution in [3.05, 3.63) is 39.1 Å². The van der Waals surface area contributed by atoms with Crippen LogP contribution in [0.1, 0.15) is 18.3 Å². The van der Waals surface area contributed by atoms with Crippen LogP contribution in [0.4, 0.5) is 5.82 Å². The van der Waals surface area contributed by atoms with Crippen molar-refractivity contribution in [2.24, 2.45) is 5.84 Å². The average Bonchev–Trinajstić information content (AvgIpc) is 2.43. The van der Waals surface area contributed by atoms with E-state index >= 15 is 0 Å². The van der Waals surface area contributed by atoms with Crippen LogP contribution in [0.5, 0.6) is 11.6 Å². The molecule has 0 fully saturated rings. The summed E-state index contributed by atoms with van der Waals surface area (Å²) in [6.07, 6.45) is 0.680. The molecule has 0 bridgehead atoms. The van der Waals surface area contributed by atoms with Crippen molar-refractivity contribution in [1.82, 2.24) is 9.97 Å². The summed E-state index contributed by atoms with van der Waals surface area (Å²) in [5.74, 6) is 7.61. The number of hydrogen-bond acceptors (Lipinski definition) is 5. The summed E-state index contributed by atoms with van der Waals surface area (Å²) in [6.45, 7) is 3.79. The lowest BCUT2D eigenvalue weighted by Gasteiger charge is -2.13. The van der Waals surface area contributed by atoms with Crippen molar-refractivity contribution in [1.29, 1.82) is 0 Å². The van der Waals surface area contributed by atoms with E-state index in [4.69, 9.17) is 22.2 Å². The molecule has 2 rings (SSSR count). The smallest absolute Gasteiger partial charge is 0.227 e. The molecule has 3 N–H and O–H groups in total. The lowest BCUT2D eigenvalue weighted by atomic mass is 10.3. The Morgan fingerprint density at radius 2 is 2.15 bits per heavy atom. The molecule has 0 saturated carbocycles. The van der Waals surface area contributed by atoms with Crippen LogP contribution >= 0.6 is 27.5 Å². The van der Waals surface area contributed by atoms with Crippen molar-refractivity contribution in [3.8, 4) is 11.6 Å². The van der Waals surface area contributed by atoms with Crippen LogP contribution in [0.3, 0.4) is 0 Å². The fraction of sp³-hybridized carbons (Fsp3) is 0.231. The number of nitrogens with zero attached hydrogens (tertiary/aromatic N) is 2. The first-order chi connectivity index (χ1) is 9.55. The summed E-state index contributed by atoms with van der Waals surface area (Å²) < 4.78 is 6.66. The third-order valence-electron chi connectivity index (χ3n) is 2.70. The normalized spacial score (nSPS) is 10.4. The van der Waals surface area contributed by atoms with E-state index in [-0.39, 0.29) is 0 Å². The van der Waals surface area contributed by atoms with Crippen molar-refractivity contribution >= 4 is 33.3 Å². The van der Waals surface area contributed by atoms with Crippen molar-refractivity contribution < 1.29 is 4.74 Å². The van der Waals surface area contributed by atoms with E-state index in [1.54, 1.807) is 12.1 Å². The number of benzene rings is 1. The van der Waals surface area contributed by atoms with E-state index < -0.39 is 0 Å². The highest BCUT2D eigenvalue weighted by molar-refractivity contribution is 9.10. The molecule has 0 aliphatic heterocycles. The highest BCUT2D eigenvalue weighted by Crippen LogP contribution is 2.33. The molecular weight excluding hydrogens is 344 g/mol. The first kappa shape index (κ1) is 15.0. The van der Waals surface area contributed by atoms with Crippen LogP contribution in [0.2, 0.25) is 5.02 Å². The van der Waals surface area contributed by atoms with Gasteiger partial charge in [-0.3, -0.25) is 0 Å². The molecule has 0 aliphatic rings. The first-order valence-electron chi connectivity index (χ1n) is 6.02. The van der Waals surface area contributed by atoms with Gasteiger partial charge < -0.3 is 10.2 Å². The largest absolute Gasteiger partial charge is 0.437 e. The summed E-state index contributed by atoms with van der Waals surface area (Å²) in [7, 11) is 0. The lowest BCUT2D eigenvalue weighted by molar-refractivity contribution is 0.455. The van der Waals surface area contributed by atoms with Gasteiger partial charge in [-0.05, 0) is 25.1 Å². The van der Waals surface area contributed by atoms with Crippen molar-refractivity contribution in [2.45, 2.75) is 20.3 Å². The second-order valence-electron chi connectivity index (χ2n) is 4.09. The minimum Gasteiger partial charge on any atom is -0.437 e. The number of aromatic nitrogens is 2. The Hall–Kier alpha value is -1.37. The molecule has 0 radical (unpaired) electrons. The van der Waals surface area contributed by atoms with E-state index in [1.807, 2.05) is 19.9 Å². The van der Waals surface area contributed by atoms with Gasteiger partial charge >= 0.3 is 0 Å². The fourth-order valence-corrected chi connectivity index (χ4v) is 2.31. The number of nitrogens with two attached hydrogens (primary N) is 1. The summed E-state index contributed by atoms with van der Waals surface area (Å²) in [4.78, 5) is 8.64. The Morgan fingerprint density at radius 1 is 1.40 bits per heavy atom. The number of halogens is 2. The van der Waals surface area contributed by atoms with Crippen LogP contribution in [-0.2, 0) is 6.42 Å². The Balaban J connectivity index is 2.42. The zero-order chi connectivity index (χ0) is 14.7. The minimum atomic E-state index is 0.439. The van der Waals surface area contributed by atoms with E-state index in [9.17, 15) is 0 Å². The van der Waals surface area contributed by atoms with Gasteiger partial charge in [0.2, 0.25) is 5.88 Å². The monoisotopic (exact) mass is 356 g/mol. The number of rotatable bonds is 4. The zero-order valence-electron chi connectivity index (χ0n) is 11.1. The maximum atomic E-state index is 6.14. The number of aryl methyl sites for hydroxylation is 1. The number of ether oxygens (including phenoxy) is 1. The average molecular weight is 358 g/mol. The van der Waals surface area contributed by atoms with Crippen molar-refractivity contribution in [2.75, 3.05) is 5.43 Å². The molecule has 1 aromatic carbocycles. The van der Waals surface area contributed by atoms with Crippen LogP contribution in [0.25, 0.3) is 0 Å². The molecule has 1 heterocycles. The molecule has 7 heteroatoms. The molecule has 106 valence electrons. The molecule has 1 aromatic heterocycles. The topological polar surface area (TPSA) is 73.1 Å². The maximum absolute atomic E-state index is 6.14. The molecule has 0 unspecified atom stereocenters. The van der Waals surface area contributed by atoms with Gasteiger partial charge in [-0.15, -0.1) is 0 Å². The van der Waals surface area contributed by atoms with E-state index in [0.29, 0.717) is 34.7 Å². The highest BCUT2D eigenvalue weighted by Gasteiger charge is 2.13. The Kier molecular flexibility index (Phi) is 4.80. The van der Waals surface area contributed by atoms with Crippen LogP contribution in [0.15, 0.2) is 22.7 Å². The second-order valence-corrected chi connectivity index (χ2v) is 5.42. The molecule has 0 atom stereocenters. The predicted molar refractivity (Wildman–Crippen MR) is 83.2 cm³/mol. The third kappa shape index (κ3) is 3.20. The second kappa shape index (κ2) is 6.39.